The predicted octanol–water partition coefficient (Wildman–Crippen LogP) is 2.24. The summed E-state index contributed by atoms with van der Waals surface area (Å²) in [5, 5.41) is 3.07. The molecule has 2 aliphatic rings. The van der Waals surface area contributed by atoms with Crippen LogP contribution in [0.25, 0.3) is 0 Å². The molecule has 0 radical (unpaired) electrons. The van der Waals surface area contributed by atoms with Crippen LogP contribution >= 0.6 is 0 Å². The van der Waals surface area contributed by atoms with Crippen LogP contribution in [0.15, 0.2) is 24.3 Å². The Morgan fingerprint density at radius 1 is 1.04 bits per heavy atom. The van der Waals surface area contributed by atoms with Gasteiger partial charge in [-0.25, -0.2) is 9.18 Å². The molecule has 3 amide bonds. The molecule has 1 aromatic rings. The van der Waals surface area contributed by atoms with Crippen molar-refractivity contribution in [2.45, 2.75) is 31.7 Å². The van der Waals surface area contributed by atoms with E-state index in [1.807, 2.05) is 0 Å². The van der Waals surface area contributed by atoms with Crippen LogP contribution in [0.2, 0.25) is 0 Å². The molecule has 2 fully saturated rings. The third-order valence-electron chi connectivity index (χ3n) is 4.61. The minimum atomic E-state index is -0.412. The van der Waals surface area contributed by atoms with Crippen molar-refractivity contribution in [3.05, 3.63) is 35.6 Å². The lowest BCUT2D eigenvalue weighted by atomic mass is 10.2. The summed E-state index contributed by atoms with van der Waals surface area (Å²) in [4.78, 5) is 28.0. The second-order valence-corrected chi connectivity index (χ2v) is 6.22. The van der Waals surface area contributed by atoms with Crippen LogP contribution in [-0.2, 0) is 0 Å². The fraction of sp³-hybridized carbons (Fsp3) is 0.529. The maximum atomic E-state index is 13.2. The van der Waals surface area contributed by atoms with E-state index < -0.39 is 5.82 Å². The highest BCUT2D eigenvalue weighted by Gasteiger charge is 2.26. The summed E-state index contributed by atoms with van der Waals surface area (Å²) in [6.45, 7) is 1.99. The summed E-state index contributed by atoms with van der Waals surface area (Å²) >= 11 is 0. The van der Waals surface area contributed by atoms with E-state index in [4.69, 9.17) is 0 Å². The molecule has 1 heterocycles. The largest absolute Gasteiger partial charge is 0.335 e. The number of urea groups is 1. The highest BCUT2D eigenvalue weighted by molar-refractivity contribution is 5.94. The molecule has 5 nitrogen and oxygen atoms in total. The minimum absolute atomic E-state index is 0.0326. The highest BCUT2D eigenvalue weighted by atomic mass is 19.1. The second-order valence-electron chi connectivity index (χ2n) is 6.22. The monoisotopic (exact) mass is 319 g/mol. The quantitative estimate of drug-likeness (QED) is 0.909. The molecule has 1 aliphatic heterocycles. The average Bonchev–Trinajstić information content (AvgIpc) is 3.07. The molecule has 23 heavy (non-hydrogen) atoms. The SMILES string of the molecule is O=C(NC1CCCC1)N1CCN(C(=O)c2cccc(F)c2)CC1. The summed E-state index contributed by atoms with van der Waals surface area (Å²) < 4.78 is 13.2. The first-order chi connectivity index (χ1) is 11.1. The summed E-state index contributed by atoms with van der Waals surface area (Å²) in [7, 11) is 0. The van der Waals surface area contributed by atoms with Crippen LogP contribution in [0.1, 0.15) is 36.0 Å². The molecule has 1 saturated heterocycles. The molecule has 6 heteroatoms. The number of carbonyl (C=O) groups excluding carboxylic acids is 2. The third-order valence-corrected chi connectivity index (χ3v) is 4.61. The number of carbonyl (C=O) groups is 2. The molecule has 3 rings (SSSR count). The second kappa shape index (κ2) is 6.98. The van der Waals surface area contributed by atoms with E-state index in [2.05, 4.69) is 5.32 Å². The first-order valence-corrected chi connectivity index (χ1v) is 8.24. The summed E-state index contributed by atoms with van der Waals surface area (Å²) in [5.74, 6) is -0.592. The number of rotatable bonds is 2. The molecule has 0 bridgehead atoms. The Bertz CT molecular complexity index is 579. The Kier molecular flexibility index (Phi) is 4.79. The van der Waals surface area contributed by atoms with Crippen LogP contribution in [0.5, 0.6) is 0 Å². The van der Waals surface area contributed by atoms with Crippen molar-refractivity contribution in [3.8, 4) is 0 Å². The van der Waals surface area contributed by atoms with Gasteiger partial charge in [0.1, 0.15) is 5.82 Å². The molecule has 0 aromatic heterocycles. The minimum Gasteiger partial charge on any atom is -0.335 e. The van der Waals surface area contributed by atoms with Gasteiger partial charge in [-0.2, -0.15) is 0 Å². The number of piperazine rings is 1. The van der Waals surface area contributed by atoms with Crippen molar-refractivity contribution in [3.63, 3.8) is 0 Å². The number of amides is 3. The lowest BCUT2D eigenvalue weighted by Gasteiger charge is -2.35. The van der Waals surface area contributed by atoms with Gasteiger partial charge in [0.15, 0.2) is 0 Å². The van der Waals surface area contributed by atoms with Gasteiger partial charge < -0.3 is 15.1 Å². The predicted molar refractivity (Wildman–Crippen MR) is 84.7 cm³/mol. The van der Waals surface area contributed by atoms with Crippen molar-refractivity contribution in [1.82, 2.24) is 15.1 Å². The van der Waals surface area contributed by atoms with Gasteiger partial charge in [-0.05, 0) is 31.0 Å². The zero-order chi connectivity index (χ0) is 16.2. The Morgan fingerprint density at radius 2 is 1.70 bits per heavy atom. The standard InChI is InChI=1S/C17H22FN3O2/c18-14-5-3-4-13(12-14)16(22)20-8-10-21(11-9-20)17(23)19-15-6-1-2-7-15/h3-5,12,15H,1-2,6-11H2,(H,19,23). The van der Waals surface area contributed by atoms with Crippen LogP contribution in [-0.4, -0.2) is 54.0 Å². The van der Waals surface area contributed by atoms with Crippen LogP contribution in [0.3, 0.4) is 0 Å². The van der Waals surface area contributed by atoms with Crippen molar-refractivity contribution >= 4 is 11.9 Å². The lowest BCUT2D eigenvalue weighted by Crippen LogP contribution is -2.54. The van der Waals surface area contributed by atoms with Gasteiger partial charge in [-0.3, -0.25) is 4.79 Å². The summed E-state index contributed by atoms with van der Waals surface area (Å²) in [5.41, 5.74) is 0.355. The molecule has 1 N–H and O–H groups in total. The van der Waals surface area contributed by atoms with Gasteiger partial charge in [-0.1, -0.05) is 18.9 Å². The smallest absolute Gasteiger partial charge is 0.317 e. The van der Waals surface area contributed by atoms with Crippen LogP contribution in [0, 0.1) is 5.82 Å². The van der Waals surface area contributed by atoms with E-state index in [0.717, 1.165) is 12.8 Å². The van der Waals surface area contributed by atoms with Gasteiger partial charge in [0, 0.05) is 37.8 Å². The van der Waals surface area contributed by atoms with Crippen molar-refractivity contribution in [1.29, 1.82) is 0 Å². The zero-order valence-corrected chi connectivity index (χ0v) is 13.1. The molecule has 0 atom stereocenters. The maximum absolute atomic E-state index is 13.2. The van der Waals surface area contributed by atoms with Gasteiger partial charge in [0.05, 0.1) is 0 Å². The van der Waals surface area contributed by atoms with Gasteiger partial charge in [-0.15, -0.1) is 0 Å². The number of halogens is 1. The van der Waals surface area contributed by atoms with Crippen LogP contribution in [0.4, 0.5) is 9.18 Å². The van der Waals surface area contributed by atoms with Crippen LogP contribution < -0.4 is 5.32 Å². The fourth-order valence-corrected chi connectivity index (χ4v) is 3.25. The first kappa shape index (κ1) is 15.8. The van der Waals surface area contributed by atoms with Gasteiger partial charge >= 0.3 is 6.03 Å². The Morgan fingerprint density at radius 3 is 2.35 bits per heavy atom. The van der Waals surface area contributed by atoms with E-state index in [-0.39, 0.29) is 11.9 Å². The zero-order valence-electron chi connectivity index (χ0n) is 13.1. The van der Waals surface area contributed by atoms with Gasteiger partial charge in [0.25, 0.3) is 5.91 Å². The third kappa shape index (κ3) is 3.81. The number of hydrogen-bond acceptors (Lipinski definition) is 2. The number of nitrogens with one attached hydrogen (secondary N) is 1. The van der Waals surface area contributed by atoms with Crippen molar-refractivity contribution in [2.75, 3.05) is 26.2 Å². The van der Waals surface area contributed by atoms with Crippen molar-refractivity contribution in [2.24, 2.45) is 0 Å². The number of nitrogens with zero attached hydrogens (tertiary/aromatic N) is 2. The van der Waals surface area contributed by atoms with E-state index >= 15 is 0 Å². The van der Waals surface area contributed by atoms with E-state index in [0.29, 0.717) is 37.8 Å². The van der Waals surface area contributed by atoms with E-state index in [9.17, 15) is 14.0 Å². The molecule has 1 aliphatic carbocycles. The summed E-state index contributed by atoms with van der Waals surface area (Å²) in [6, 6.07) is 5.99. The molecule has 0 spiro atoms. The topological polar surface area (TPSA) is 52.7 Å². The molecule has 0 unspecified atom stereocenters. The number of benzene rings is 1. The Hall–Kier alpha value is -2.11. The van der Waals surface area contributed by atoms with Crippen molar-refractivity contribution < 1.29 is 14.0 Å². The lowest BCUT2D eigenvalue weighted by molar-refractivity contribution is 0.0663. The highest BCUT2D eigenvalue weighted by Crippen LogP contribution is 2.18. The first-order valence-electron chi connectivity index (χ1n) is 8.24. The van der Waals surface area contributed by atoms with E-state index in [1.54, 1.807) is 15.9 Å². The molecule has 1 aromatic carbocycles. The fourth-order valence-electron chi connectivity index (χ4n) is 3.25. The Labute approximate surface area is 135 Å². The molecular formula is C17H22FN3O2. The van der Waals surface area contributed by atoms with Gasteiger partial charge in [0.2, 0.25) is 0 Å². The molecule has 124 valence electrons. The molecule has 1 saturated carbocycles. The summed E-state index contributed by atoms with van der Waals surface area (Å²) in [6.07, 6.45) is 4.48. The normalized spacial score (nSPS) is 19.0. The Balaban J connectivity index is 1.51. The maximum Gasteiger partial charge on any atom is 0.317 e. The average molecular weight is 319 g/mol. The van der Waals surface area contributed by atoms with E-state index in [1.165, 1.54) is 31.0 Å². The number of hydrogen-bond donors (Lipinski definition) is 1. The molecular weight excluding hydrogens is 297 g/mol.